The predicted molar refractivity (Wildman–Crippen MR) is 144 cm³/mol. The van der Waals surface area contributed by atoms with Crippen molar-refractivity contribution in [2.45, 2.75) is 0 Å². The Labute approximate surface area is 205 Å². The van der Waals surface area contributed by atoms with E-state index in [0.29, 0.717) is 10.8 Å². The van der Waals surface area contributed by atoms with Gasteiger partial charge in [0.15, 0.2) is 0 Å². The van der Waals surface area contributed by atoms with Gasteiger partial charge in [-0.3, -0.25) is 18.4 Å². The van der Waals surface area contributed by atoms with E-state index in [4.69, 9.17) is 0 Å². The first-order valence-electron chi connectivity index (χ1n) is 10.3. The van der Waals surface area contributed by atoms with Gasteiger partial charge in [0.05, 0.1) is 31.5 Å². The Balaban J connectivity index is 1.72. The van der Waals surface area contributed by atoms with Crippen LogP contribution in [0.4, 0.5) is 0 Å². The third-order valence-corrected chi connectivity index (χ3v) is 8.95. The van der Waals surface area contributed by atoms with Crippen molar-refractivity contribution in [1.82, 2.24) is 8.80 Å². The van der Waals surface area contributed by atoms with Gasteiger partial charge in [-0.25, -0.2) is 0 Å². The molecule has 0 spiro atoms. The number of benzene rings is 3. The van der Waals surface area contributed by atoms with Crippen molar-refractivity contribution >= 4 is 107 Å². The zero-order chi connectivity index (χ0) is 22.2. The summed E-state index contributed by atoms with van der Waals surface area (Å²) in [6.45, 7) is 0. The Morgan fingerprint density at radius 2 is 1.03 bits per heavy atom. The third-order valence-electron chi connectivity index (χ3n) is 6.73. The number of hydrogen-bond donors (Lipinski definition) is 0. The highest BCUT2D eigenvalue weighted by Gasteiger charge is 2.23. The fourth-order valence-electron chi connectivity index (χ4n) is 5.36. The molecule has 0 saturated heterocycles. The smallest absolute Gasteiger partial charge is 0.263 e. The number of pyridine rings is 2. The van der Waals surface area contributed by atoms with Crippen molar-refractivity contribution in [3.05, 3.63) is 90.3 Å². The fraction of sp³-hybridized carbons (Fsp3) is 0. The van der Waals surface area contributed by atoms with Gasteiger partial charge in [0.2, 0.25) is 0 Å². The van der Waals surface area contributed by atoms with Gasteiger partial charge in [0, 0.05) is 41.3 Å². The van der Waals surface area contributed by atoms with Crippen LogP contribution < -0.4 is 11.1 Å². The van der Waals surface area contributed by atoms with Crippen LogP contribution in [0.25, 0.3) is 63.8 Å². The summed E-state index contributed by atoms with van der Waals surface area (Å²) in [6.07, 6.45) is 0. The highest BCUT2D eigenvalue weighted by atomic mass is 79.9. The van der Waals surface area contributed by atoms with Gasteiger partial charge >= 0.3 is 0 Å². The molecule has 0 saturated carbocycles. The molecule has 0 radical (unpaired) electrons. The molecular formula is C26H10Br2N2O2S. The first-order valence-corrected chi connectivity index (χ1v) is 12.7. The van der Waals surface area contributed by atoms with Crippen molar-refractivity contribution in [1.29, 1.82) is 0 Å². The zero-order valence-electron chi connectivity index (χ0n) is 16.6. The Morgan fingerprint density at radius 1 is 0.576 bits per heavy atom. The monoisotopic (exact) mass is 572 g/mol. The first-order chi connectivity index (χ1) is 16.0. The largest absolute Gasteiger partial charge is 0.275 e. The van der Waals surface area contributed by atoms with Crippen LogP contribution in [0.15, 0.2) is 79.2 Å². The molecule has 0 N–H and O–H groups in total. The van der Waals surface area contributed by atoms with Crippen LogP contribution in [0, 0.1) is 0 Å². The van der Waals surface area contributed by atoms with E-state index in [1.807, 2.05) is 57.3 Å². The van der Waals surface area contributed by atoms with E-state index in [2.05, 4.69) is 44.0 Å². The molecular weight excluding hydrogens is 564 g/mol. The quantitative estimate of drug-likeness (QED) is 0.181. The van der Waals surface area contributed by atoms with Crippen LogP contribution in [0.3, 0.4) is 0 Å². The second-order valence-electron chi connectivity index (χ2n) is 8.42. The van der Waals surface area contributed by atoms with E-state index >= 15 is 0 Å². The lowest BCUT2D eigenvalue weighted by molar-refractivity contribution is 1.20. The van der Waals surface area contributed by atoms with Gasteiger partial charge in [0.25, 0.3) is 11.1 Å². The summed E-state index contributed by atoms with van der Waals surface area (Å²) in [7, 11) is 0. The molecule has 3 aromatic carbocycles. The van der Waals surface area contributed by atoms with Gasteiger partial charge in [-0.2, -0.15) is 0 Å². The lowest BCUT2D eigenvalue weighted by Gasteiger charge is -2.05. The predicted octanol–water partition coefficient (Wildman–Crippen LogP) is 7.14. The molecule has 33 heavy (non-hydrogen) atoms. The summed E-state index contributed by atoms with van der Waals surface area (Å²) in [5, 5.41) is 5.13. The van der Waals surface area contributed by atoms with Crippen molar-refractivity contribution in [2.75, 3.05) is 0 Å². The molecule has 0 atom stereocenters. The van der Waals surface area contributed by atoms with Gasteiger partial charge in [-0.15, -0.1) is 11.3 Å². The molecule has 5 heterocycles. The molecule has 0 unspecified atom stereocenters. The van der Waals surface area contributed by atoms with Crippen LogP contribution in [0.5, 0.6) is 0 Å². The highest BCUT2D eigenvalue weighted by molar-refractivity contribution is 9.10. The number of thiophene rings is 1. The molecule has 0 aliphatic heterocycles. The average Bonchev–Trinajstić information content (AvgIpc) is 3.48. The molecule has 4 nitrogen and oxygen atoms in total. The van der Waals surface area contributed by atoms with Crippen LogP contribution in [0.2, 0.25) is 0 Å². The van der Waals surface area contributed by atoms with Crippen LogP contribution >= 0.6 is 43.2 Å². The van der Waals surface area contributed by atoms with Gasteiger partial charge in [0.1, 0.15) is 0 Å². The zero-order valence-corrected chi connectivity index (χ0v) is 20.6. The lowest BCUT2D eigenvalue weighted by Crippen LogP contribution is -2.14. The van der Waals surface area contributed by atoms with E-state index in [-0.39, 0.29) is 11.1 Å². The number of halogens is 2. The molecule has 0 fully saturated rings. The number of rotatable bonds is 0. The topological polar surface area (TPSA) is 43.0 Å². The standard InChI is InChI=1S/C26H10Br2N2O2S/c27-13-3-1-11-7-19-23-21-15(25(31)29(19)17(11)9-13)5-6-16-22(21)24(33-23)20-8-12-2-4-14(28)10-18(12)30(20)26(16)32/h1-10H. The maximum Gasteiger partial charge on any atom is 0.263 e. The van der Waals surface area contributed by atoms with E-state index in [1.165, 1.54) is 0 Å². The fourth-order valence-corrected chi connectivity index (χ4v) is 7.40. The SMILES string of the molecule is O=c1c2ccc3c(=O)n4c5cc(Br)ccc5cc4c4sc(c2c34)c2cc3ccc(Br)cc3n12. The summed E-state index contributed by atoms with van der Waals surface area (Å²) >= 11 is 8.74. The van der Waals surface area contributed by atoms with E-state index in [1.54, 1.807) is 11.3 Å². The minimum Gasteiger partial charge on any atom is -0.275 e. The molecule has 0 amide bonds. The summed E-state index contributed by atoms with van der Waals surface area (Å²) < 4.78 is 7.56. The van der Waals surface area contributed by atoms with Crippen molar-refractivity contribution < 1.29 is 0 Å². The van der Waals surface area contributed by atoms with Gasteiger partial charge in [-0.1, -0.05) is 44.0 Å². The number of hydrogen-bond acceptors (Lipinski definition) is 3. The molecule has 8 aromatic rings. The molecule has 8 rings (SSSR count). The summed E-state index contributed by atoms with van der Waals surface area (Å²) in [4.78, 5) is 27.3. The Morgan fingerprint density at radius 3 is 1.48 bits per heavy atom. The Kier molecular flexibility index (Phi) is 3.30. The molecule has 7 heteroatoms. The van der Waals surface area contributed by atoms with Crippen LogP contribution in [-0.2, 0) is 0 Å². The summed E-state index contributed by atoms with van der Waals surface area (Å²) in [5.41, 5.74) is 3.43. The van der Waals surface area contributed by atoms with Crippen molar-refractivity contribution in [3.8, 4) is 0 Å². The molecule has 0 aliphatic carbocycles. The van der Waals surface area contributed by atoms with Crippen LogP contribution in [0.1, 0.15) is 0 Å². The van der Waals surface area contributed by atoms with Crippen molar-refractivity contribution in [3.63, 3.8) is 0 Å². The van der Waals surface area contributed by atoms with E-state index in [0.717, 1.165) is 62.0 Å². The van der Waals surface area contributed by atoms with E-state index < -0.39 is 0 Å². The Bertz CT molecular complexity index is 2100. The number of fused-ring (bicyclic) bond motifs is 8. The first kappa shape index (κ1) is 18.4. The third kappa shape index (κ3) is 2.11. The maximum absolute atomic E-state index is 13.7. The highest BCUT2D eigenvalue weighted by Crippen LogP contribution is 2.44. The van der Waals surface area contributed by atoms with Gasteiger partial charge in [-0.05, 0) is 48.5 Å². The second kappa shape index (κ2) is 5.91. The lowest BCUT2D eigenvalue weighted by atomic mass is 10.0. The normalized spacial score (nSPS) is 12.8. The Hall–Kier alpha value is -3.00. The van der Waals surface area contributed by atoms with Crippen LogP contribution in [-0.4, -0.2) is 8.80 Å². The summed E-state index contributed by atoms with van der Waals surface area (Å²) in [6, 6.07) is 19.8. The molecule has 0 aliphatic rings. The molecule has 5 aromatic heterocycles. The number of nitrogens with zero attached hydrogens (tertiary/aromatic N) is 2. The second-order valence-corrected chi connectivity index (χ2v) is 11.3. The molecule has 0 bridgehead atoms. The maximum atomic E-state index is 13.7. The molecule has 156 valence electrons. The minimum atomic E-state index is -0.0519. The average molecular weight is 574 g/mol. The minimum absolute atomic E-state index is 0.0519. The number of aromatic nitrogens is 2. The van der Waals surface area contributed by atoms with E-state index in [9.17, 15) is 9.59 Å². The van der Waals surface area contributed by atoms with Gasteiger partial charge < -0.3 is 0 Å². The van der Waals surface area contributed by atoms with Crippen molar-refractivity contribution in [2.24, 2.45) is 0 Å². The summed E-state index contributed by atoms with van der Waals surface area (Å²) in [5.74, 6) is 0.